The van der Waals surface area contributed by atoms with Crippen LogP contribution in [0, 0.1) is 12.8 Å². The molecular formula is C12H15F2NO2. The number of alkyl halides is 2. The minimum atomic E-state index is -2.75. The first-order valence-corrected chi connectivity index (χ1v) is 5.55. The molecule has 0 atom stereocenters. The fourth-order valence-corrected chi connectivity index (χ4v) is 1.57. The number of aromatic nitrogens is 1. The monoisotopic (exact) mass is 243 g/mol. The molecule has 5 heteroatoms. The number of ether oxygens (including phenoxy) is 2. The Morgan fingerprint density at radius 1 is 1.41 bits per heavy atom. The lowest BCUT2D eigenvalue weighted by molar-refractivity contribution is -0.0607. The maximum atomic E-state index is 13.4. The number of hydrogen-bond acceptors (Lipinski definition) is 3. The van der Waals surface area contributed by atoms with Crippen molar-refractivity contribution in [2.45, 2.75) is 25.7 Å². The average molecular weight is 243 g/mol. The van der Waals surface area contributed by atoms with Gasteiger partial charge in [-0.1, -0.05) is 0 Å². The Morgan fingerprint density at radius 3 is 2.71 bits per heavy atom. The van der Waals surface area contributed by atoms with Crippen LogP contribution < -0.4 is 9.47 Å². The molecule has 0 radical (unpaired) electrons. The van der Waals surface area contributed by atoms with Crippen LogP contribution in [0.1, 0.15) is 18.5 Å². The Kier molecular flexibility index (Phi) is 3.17. The number of halogens is 2. The Bertz CT molecular complexity index is 405. The molecule has 0 N–H and O–H groups in total. The highest BCUT2D eigenvalue weighted by Crippen LogP contribution is 2.43. The Morgan fingerprint density at radius 2 is 2.12 bits per heavy atom. The minimum absolute atomic E-state index is 0.247. The van der Waals surface area contributed by atoms with Crippen LogP contribution in [0.25, 0.3) is 0 Å². The zero-order chi connectivity index (χ0) is 12.5. The Balaban J connectivity index is 2.03. The van der Waals surface area contributed by atoms with Gasteiger partial charge in [-0.05, 0) is 31.9 Å². The second-order valence-electron chi connectivity index (χ2n) is 4.28. The third-order valence-electron chi connectivity index (χ3n) is 2.75. The molecule has 0 amide bonds. The van der Waals surface area contributed by atoms with E-state index in [2.05, 4.69) is 4.98 Å². The molecule has 17 heavy (non-hydrogen) atoms. The molecule has 0 unspecified atom stereocenters. The van der Waals surface area contributed by atoms with Crippen LogP contribution in [0.2, 0.25) is 0 Å². The summed E-state index contributed by atoms with van der Waals surface area (Å²) in [6.07, 6.45) is 1.17. The van der Waals surface area contributed by atoms with Crippen molar-refractivity contribution < 1.29 is 18.3 Å². The highest BCUT2D eigenvalue weighted by atomic mass is 19.3. The summed E-state index contributed by atoms with van der Waals surface area (Å²) < 4.78 is 36.9. The SMILES string of the molecule is COc1nc(C)ccc1OCC(F)(F)C1CC1. The lowest BCUT2D eigenvalue weighted by Crippen LogP contribution is -2.28. The fraction of sp³-hybridized carbons (Fsp3) is 0.583. The molecule has 1 saturated carbocycles. The van der Waals surface area contributed by atoms with Crippen LogP contribution in [0.5, 0.6) is 11.6 Å². The summed E-state index contributed by atoms with van der Waals surface area (Å²) in [5, 5.41) is 0. The molecule has 1 aliphatic rings. The molecule has 0 saturated heterocycles. The van der Waals surface area contributed by atoms with E-state index in [0.29, 0.717) is 12.8 Å². The van der Waals surface area contributed by atoms with Crippen molar-refractivity contribution in [3.05, 3.63) is 17.8 Å². The molecule has 0 bridgehead atoms. The molecule has 1 aliphatic carbocycles. The van der Waals surface area contributed by atoms with Crippen molar-refractivity contribution in [2.75, 3.05) is 13.7 Å². The molecule has 0 aromatic carbocycles. The van der Waals surface area contributed by atoms with Crippen LogP contribution in [0.4, 0.5) is 8.78 Å². The molecular weight excluding hydrogens is 228 g/mol. The lowest BCUT2D eigenvalue weighted by atomic mass is 10.2. The van der Waals surface area contributed by atoms with Crippen molar-refractivity contribution in [2.24, 2.45) is 5.92 Å². The van der Waals surface area contributed by atoms with Gasteiger partial charge in [0.25, 0.3) is 11.8 Å². The lowest BCUT2D eigenvalue weighted by Gasteiger charge is -2.17. The smallest absolute Gasteiger partial charge is 0.284 e. The van der Waals surface area contributed by atoms with Gasteiger partial charge in [0, 0.05) is 11.6 Å². The van der Waals surface area contributed by atoms with Gasteiger partial charge in [-0.25, -0.2) is 13.8 Å². The van der Waals surface area contributed by atoms with E-state index in [4.69, 9.17) is 9.47 Å². The molecule has 1 aromatic rings. The van der Waals surface area contributed by atoms with Gasteiger partial charge in [-0.15, -0.1) is 0 Å². The van der Waals surface area contributed by atoms with E-state index in [9.17, 15) is 8.78 Å². The Labute approximate surface area is 98.8 Å². The van der Waals surface area contributed by atoms with Gasteiger partial charge in [0.2, 0.25) is 0 Å². The largest absolute Gasteiger partial charge is 0.482 e. The molecule has 2 rings (SSSR count). The zero-order valence-corrected chi connectivity index (χ0v) is 9.87. The summed E-state index contributed by atoms with van der Waals surface area (Å²) in [5.41, 5.74) is 0.753. The first-order chi connectivity index (χ1) is 8.03. The fourth-order valence-electron chi connectivity index (χ4n) is 1.57. The van der Waals surface area contributed by atoms with Gasteiger partial charge >= 0.3 is 0 Å². The van der Waals surface area contributed by atoms with Crippen LogP contribution in [0.15, 0.2) is 12.1 Å². The highest BCUT2D eigenvalue weighted by molar-refractivity contribution is 5.34. The molecule has 94 valence electrons. The molecule has 1 aromatic heterocycles. The van der Waals surface area contributed by atoms with E-state index in [1.165, 1.54) is 7.11 Å². The van der Waals surface area contributed by atoms with Crippen molar-refractivity contribution in [3.63, 3.8) is 0 Å². The van der Waals surface area contributed by atoms with Crippen LogP contribution in [-0.2, 0) is 0 Å². The predicted molar refractivity (Wildman–Crippen MR) is 58.7 cm³/mol. The van der Waals surface area contributed by atoms with Crippen LogP contribution >= 0.6 is 0 Å². The molecule has 0 spiro atoms. The number of pyridine rings is 1. The predicted octanol–water partition coefficient (Wildman–Crippen LogP) is 2.82. The summed E-state index contributed by atoms with van der Waals surface area (Å²) in [5.74, 6) is -2.77. The summed E-state index contributed by atoms with van der Waals surface area (Å²) in [4.78, 5) is 4.06. The van der Waals surface area contributed by atoms with E-state index >= 15 is 0 Å². The second kappa shape index (κ2) is 4.47. The minimum Gasteiger partial charge on any atom is -0.482 e. The number of methoxy groups -OCH3 is 1. The first kappa shape index (κ1) is 12.1. The van der Waals surface area contributed by atoms with Crippen LogP contribution in [-0.4, -0.2) is 24.6 Å². The Hall–Kier alpha value is -1.39. The summed E-state index contributed by atoms with van der Waals surface area (Å²) in [6, 6.07) is 3.30. The van der Waals surface area contributed by atoms with Crippen LogP contribution in [0.3, 0.4) is 0 Å². The summed E-state index contributed by atoms with van der Waals surface area (Å²) in [6.45, 7) is 1.18. The van der Waals surface area contributed by atoms with Gasteiger partial charge in [0.1, 0.15) is 0 Å². The maximum absolute atomic E-state index is 13.4. The van der Waals surface area contributed by atoms with Gasteiger partial charge in [-0.2, -0.15) is 0 Å². The number of nitrogens with zero attached hydrogens (tertiary/aromatic N) is 1. The third-order valence-corrected chi connectivity index (χ3v) is 2.75. The van der Waals surface area contributed by atoms with E-state index in [1.807, 2.05) is 0 Å². The van der Waals surface area contributed by atoms with E-state index in [0.717, 1.165) is 5.69 Å². The highest BCUT2D eigenvalue weighted by Gasteiger charge is 2.47. The molecule has 0 aliphatic heterocycles. The van der Waals surface area contributed by atoms with Crippen molar-refractivity contribution in [3.8, 4) is 11.6 Å². The van der Waals surface area contributed by atoms with Crippen molar-refractivity contribution in [1.82, 2.24) is 4.98 Å². The quantitative estimate of drug-likeness (QED) is 0.796. The van der Waals surface area contributed by atoms with E-state index in [-0.39, 0.29) is 11.6 Å². The third kappa shape index (κ3) is 2.84. The van der Waals surface area contributed by atoms with Gasteiger partial charge in [0.05, 0.1) is 7.11 Å². The van der Waals surface area contributed by atoms with Gasteiger partial charge in [-0.3, -0.25) is 0 Å². The molecule has 3 nitrogen and oxygen atoms in total. The topological polar surface area (TPSA) is 31.4 Å². The molecule has 1 fully saturated rings. The first-order valence-electron chi connectivity index (χ1n) is 5.55. The van der Waals surface area contributed by atoms with Gasteiger partial charge in [0.15, 0.2) is 12.4 Å². The van der Waals surface area contributed by atoms with E-state index < -0.39 is 18.4 Å². The summed E-state index contributed by atoms with van der Waals surface area (Å²) >= 11 is 0. The van der Waals surface area contributed by atoms with E-state index in [1.54, 1.807) is 19.1 Å². The maximum Gasteiger partial charge on any atom is 0.284 e. The average Bonchev–Trinajstić information content (AvgIpc) is 3.11. The zero-order valence-electron chi connectivity index (χ0n) is 9.87. The number of hydrogen-bond donors (Lipinski definition) is 0. The number of rotatable bonds is 5. The normalized spacial score (nSPS) is 15.8. The second-order valence-corrected chi connectivity index (χ2v) is 4.28. The number of aryl methyl sites for hydroxylation is 1. The standard InChI is InChI=1S/C12H15F2NO2/c1-8-3-6-10(11(15-8)16-2)17-7-12(13,14)9-4-5-9/h3,6,9H,4-5,7H2,1-2H3. The van der Waals surface area contributed by atoms with Crippen molar-refractivity contribution in [1.29, 1.82) is 0 Å². The summed E-state index contributed by atoms with van der Waals surface area (Å²) in [7, 11) is 1.44. The molecule has 1 heterocycles. The van der Waals surface area contributed by atoms with Crippen molar-refractivity contribution >= 4 is 0 Å². The van der Waals surface area contributed by atoms with Gasteiger partial charge < -0.3 is 9.47 Å².